The first-order valence-corrected chi connectivity index (χ1v) is 21.3. The summed E-state index contributed by atoms with van der Waals surface area (Å²) in [6.45, 7) is 8.82. The average Bonchev–Trinajstić information content (AvgIpc) is 3.22. The van der Waals surface area contributed by atoms with Gasteiger partial charge in [0.15, 0.2) is 0 Å². The van der Waals surface area contributed by atoms with Gasteiger partial charge < -0.3 is 21.7 Å². The number of carbonyl (C=O) groups excluding carboxylic acids is 7. The Bertz CT molecular complexity index is 1980. The molecule has 1 aromatic heterocycles. The fourth-order valence-electron chi connectivity index (χ4n) is 6.56. The number of nitrogens with two attached hydrogens (primary N) is 1. The van der Waals surface area contributed by atoms with E-state index in [0.29, 0.717) is 19.3 Å². The van der Waals surface area contributed by atoms with Crippen LogP contribution >= 0.6 is 0 Å². The van der Waals surface area contributed by atoms with Crippen molar-refractivity contribution >= 4 is 51.4 Å². The van der Waals surface area contributed by atoms with Crippen LogP contribution in [0.3, 0.4) is 0 Å². The van der Waals surface area contributed by atoms with Gasteiger partial charge in [-0.15, -0.1) is 0 Å². The lowest BCUT2D eigenvalue weighted by atomic mass is 9.84. The van der Waals surface area contributed by atoms with Crippen LogP contribution in [0.2, 0.25) is 0 Å². The first-order valence-electron chi connectivity index (χ1n) is 19.8. The fourth-order valence-corrected chi connectivity index (χ4v) is 7.55. The topological polar surface area (TPSA) is 281 Å². The van der Waals surface area contributed by atoms with Gasteiger partial charge in [0.1, 0.15) is 23.8 Å². The number of benzene rings is 1. The third kappa shape index (κ3) is 14.0. The molecule has 5 atom stereocenters. The molecule has 1 aliphatic carbocycles. The number of sulfonamides is 1. The zero-order valence-electron chi connectivity index (χ0n) is 34.1. The summed E-state index contributed by atoms with van der Waals surface area (Å²) in [5, 5.41) is 17.2. The molecule has 18 nitrogen and oxygen atoms in total. The van der Waals surface area contributed by atoms with Crippen molar-refractivity contribution < 1.29 is 42.0 Å². The van der Waals surface area contributed by atoms with Crippen LogP contribution in [-0.2, 0) is 38.8 Å². The number of nitrogens with one attached hydrogen (secondary N) is 4. The highest BCUT2D eigenvalue weighted by Gasteiger charge is 2.41. The number of nitrogens with zero attached hydrogens (tertiary/aromatic N) is 4. The summed E-state index contributed by atoms with van der Waals surface area (Å²) in [6, 6.07) is 1.57. The van der Waals surface area contributed by atoms with E-state index >= 15 is 0 Å². The Kier molecular flexibility index (Phi) is 18.2. The highest BCUT2D eigenvalue weighted by Crippen LogP contribution is 2.28. The monoisotopic (exact) mass is 837 g/mol. The highest BCUT2D eigenvalue weighted by atomic mass is 32.2. The molecule has 0 spiro atoms. The standard InChI is InChI=1S/C40H55N9O9S/c1-6-25(5)34(47-35(51)30(18-24(3)4)45-36(52)32-23-43-16-17-44-32)37(53)46-31(20-26-12-9-8-10-13-26)39(55)49(33(50)21-28(42)7-2)40(56)38(54)48-59(57,58)29-15-11-14-27(19-29)22-41/h11,14-17,19,23-26,28,30-31,34H,6-10,12-13,18,20-21,42H2,1-5H3,(H,45,52)(H,46,53)(H,47,51)(H,48,54)/t25-,28-,30-,31-,34-/m0/s1. The first-order chi connectivity index (χ1) is 27.9. The van der Waals surface area contributed by atoms with Crippen LogP contribution in [0.25, 0.3) is 0 Å². The summed E-state index contributed by atoms with van der Waals surface area (Å²) in [5.74, 6) is -9.08. The van der Waals surface area contributed by atoms with E-state index in [1.54, 1.807) is 31.6 Å². The molecule has 0 radical (unpaired) electrons. The van der Waals surface area contributed by atoms with Gasteiger partial charge in [0.05, 0.1) is 22.7 Å². The molecule has 0 aliphatic heterocycles. The van der Waals surface area contributed by atoms with Crippen LogP contribution in [0.4, 0.5) is 0 Å². The van der Waals surface area contributed by atoms with Gasteiger partial charge >= 0.3 is 11.8 Å². The molecule has 7 amide bonds. The van der Waals surface area contributed by atoms with Crippen molar-refractivity contribution in [1.29, 1.82) is 5.26 Å². The molecule has 1 heterocycles. The third-order valence-corrected chi connectivity index (χ3v) is 11.5. The minimum atomic E-state index is -4.77. The van der Waals surface area contributed by atoms with Crippen molar-refractivity contribution in [2.24, 2.45) is 23.5 Å². The second kappa shape index (κ2) is 22.5. The van der Waals surface area contributed by atoms with Crippen LogP contribution < -0.4 is 26.4 Å². The van der Waals surface area contributed by atoms with Crippen LogP contribution in [0, 0.1) is 29.1 Å². The Hall–Kier alpha value is -5.61. The molecule has 1 aromatic carbocycles. The maximum Gasteiger partial charge on any atom is 0.326 e. The molecular weight excluding hydrogens is 783 g/mol. The molecule has 3 rings (SSSR count). The van der Waals surface area contributed by atoms with Gasteiger partial charge in [0.25, 0.3) is 21.8 Å². The van der Waals surface area contributed by atoms with Crippen molar-refractivity contribution in [3.8, 4) is 6.07 Å². The minimum absolute atomic E-state index is 0.0252. The Morgan fingerprint density at radius 3 is 2.22 bits per heavy atom. The molecule has 320 valence electrons. The van der Waals surface area contributed by atoms with E-state index in [1.165, 1.54) is 30.7 Å². The van der Waals surface area contributed by atoms with Crippen molar-refractivity contribution in [3.63, 3.8) is 0 Å². The number of rotatable bonds is 18. The Labute approximate surface area is 344 Å². The van der Waals surface area contributed by atoms with E-state index in [0.717, 1.165) is 31.4 Å². The molecule has 1 saturated carbocycles. The molecule has 1 aliphatic rings. The normalized spacial score (nSPS) is 15.6. The minimum Gasteiger partial charge on any atom is -0.342 e. The second-order valence-electron chi connectivity index (χ2n) is 15.2. The number of imide groups is 3. The molecule has 1 fully saturated rings. The van der Waals surface area contributed by atoms with Crippen molar-refractivity contribution in [2.75, 3.05) is 0 Å². The van der Waals surface area contributed by atoms with Crippen molar-refractivity contribution in [3.05, 3.63) is 54.1 Å². The van der Waals surface area contributed by atoms with Gasteiger partial charge in [-0.25, -0.2) is 23.0 Å². The molecule has 6 N–H and O–H groups in total. The summed E-state index contributed by atoms with van der Waals surface area (Å²) < 4.78 is 27.8. The van der Waals surface area contributed by atoms with E-state index < -0.39 is 92.8 Å². The summed E-state index contributed by atoms with van der Waals surface area (Å²) in [4.78, 5) is 104. The number of hydrogen-bond donors (Lipinski definition) is 5. The van der Waals surface area contributed by atoms with E-state index in [1.807, 2.05) is 13.8 Å². The number of nitriles is 1. The van der Waals surface area contributed by atoms with E-state index in [2.05, 4.69) is 25.9 Å². The fraction of sp³-hybridized carbons (Fsp3) is 0.550. The highest BCUT2D eigenvalue weighted by molar-refractivity contribution is 7.90. The zero-order chi connectivity index (χ0) is 43.9. The SMILES string of the molecule is CC[C@H](N)CC(=O)N(C(=O)C(=O)NS(=O)(=O)c1cccc(C#N)c1)C(=O)[C@H](CC1CCCCC1)NC(=O)[C@@H](NC(=O)[C@H](CC(C)C)NC(=O)c1cnccn1)[C@@H](C)CC. The Balaban J connectivity index is 1.99. The van der Waals surface area contributed by atoms with Gasteiger partial charge in [-0.1, -0.05) is 79.2 Å². The molecule has 59 heavy (non-hydrogen) atoms. The van der Waals surface area contributed by atoms with Gasteiger partial charge in [-0.2, -0.15) is 5.26 Å². The lowest BCUT2D eigenvalue weighted by Crippen LogP contribution is -2.61. The average molecular weight is 838 g/mol. The zero-order valence-corrected chi connectivity index (χ0v) is 34.9. The maximum absolute atomic E-state index is 14.5. The van der Waals surface area contributed by atoms with Gasteiger partial charge in [0.2, 0.25) is 17.7 Å². The molecule has 2 aromatic rings. The van der Waals surface area contributed by atoms with Crippen LogP contribution in [-0.4, -0.2) is 88.8 Å². The van der Waals surface area contributed by atoms with Gasteiger partial charge in [0, 0.05) is 24.9 Å². The third-order valence-electron chi connectivity index (χ3n) is 10.2. The molecular formula is C40H55N9O9S. The molecule has 0 unspecified atom stereocenters. The number of carbonyl (C=O) groups is 7. The largest absolute Gasteiger partial charge is 0.342 e. The summed E-state index contributed by atoms with van der Waals surface area (Å²) in [7, 11) is -4.77. The maximum atomic E-state index is 14.5. The summed E-state index contributed by atoms with van der Waals surface area (Å²) >= 11 is 0. The van der Waals surface area contributed by atoms with Crippen LogP contribution in [0.5, 0.6) is 0 Å². The summed E-state index contributed by atoms with van der Waals surface area (Å²) in [6.07, 6.45) is 8.06. The molecule has 0 bridgehead atoms. The van der Waals surface area contributed by atoms with E-state index in [4.69, 9.17) is 5.73 Å². The Morgan fingerprint density at radius 1 is 0.932 bits per heavy atom. The van der Waals surface area contributed by atoms with Crippen molar-refractivity contribution in [1.82, 2.24) is 35.5 Å². The predicted octanol–water partition coefficient (Wildman–Crippen LogP) is 1.99. The quantitative estimate of drug-likeness (QED) is 0.135. The molecule has 0 saturated heterocycles. The van der Waals surface area contributed by atoms with Crippen molar-refractivity contribution in [2.45, 2.75) is 128 Å². The first kappa shape index (κ1) is 47.8. The van der Waals surface area contributed by atoms with Gasteiger partial charge in [-0.3, -0.25) is 38.5 Å². The smallest absolute Gasteiger partial charge is 0.326 e. The number of aromatic nitrogens is 2. The molecule has 19 heteroatoms. The van der Waals surface area contributed by atoms with Crippen LogP contribution in [0.1, 0.15) is 115 Å². The van der Waals surface area contributed by atoms with Crippen LogP contribution in [0.15, 0.2) is 47.8 Å². The lowest BCUT2D eigenvalue weighted by molar-refractivity contribution is -0.160. The lowest BCUT2D eigenvalue weighted by Gasteiger charge is -2.32. The summed E-state index contributed by atoms with van der Waals surface area (Å²) in [5.41, 5.74) is 5.94. The number of hydrogen-bond acceptors (Lipinski definition) is 13. The second-order valence-corrected chi connectivity index (χ2v) is 16.9. The van der Waals surface area contributed by atoms with E-state index in [-0.39, 0.29) is 47.3 Å². The van der Waals surface area contributed by atoms with Gasteiger partial charge in [-0.05, 0) is 55.2 Å². The predicted molar refractivity (Wildman–Crippen MR) is 213 cm³/mol. The number of amides is 7. The Morgan fingerprint density at radius 2 is 1.63 bits per heavy atom. The van der Waals surface area contributed by atoms with E-state index in [9.17, 15) is 47.2 Å².